The van der Waals surface area contributed by atoms with Crippen LogP contribution in [0.5, 0.6) is 5.75 Å². The van der Waals surface area contributed by atoms with Crippen molar-refractivity contribution >= 4 is 33.3 Å². The summed E-state index contributed by atoms with van der Waals surface area (Å²) in [6, 6.07) is 9.86. The molecule has 0 amide bonds. The van der Waals surface area contributed by atoms with Crippen molar-refractivity contribution in [1.82, 2.24) is 9.97 Å². The number of H-pyrrole nitrogens is 1. The third-order valence-corrected chi connectivity index (χ3v) is 5.02. The van der Waals surface area contributed by atoms with Crippen molar-refractivity contribution in [2.75, 3.05) is 12.4 Å². The van der Waals surface area contributed by atoms with E-state index in [0.29, 0.717) is 17.1 Å². The number of fused-ring (bicyclic) bond motifs is 1. The lowest BCUT2D eigenvalue weighted by Crippen LogP contribution is -2.10. The van der Waals surface area contributed by atoms with Gasteiger partial charge in [0.15, 0.2) is 0 Å². The summed E-state index contributed by atoms with van der Waals surface area (Å²) in [5, 5.41) is 1.89. The molecule has 1 aromatic carbocycles. The maximum absolute atomic E-state index is 11.9. The van der Waals surface area contributed by atoms with Crippen LogP contribution in [0.1, 0.15) is 11.4 Å². The van der Waals surface area contributed by atoms with Crippen molar-refractivity contribution in [3.05, 3.63) is 57.5 Å². The Morgan fingerprint density at radius 3 is 3.05 bits per heavy atom. The molecule has 0 saturated carbocycles. The van der Waals surface area contributed by atoms with E-state index >= 15 is 0 Å². The van der Waals surface area contributed by atoms with Crippen LogP contribution in [0, 0.1) is 6.92 Å². The second-order valence-corrected chi connectivity index (χ2v) is 6.84. The van der Waals surface area contributed by atoms with Crippen molar-refractivity contribution in [2.24, 2.45) is 0 Å². The van der Waals surface area contributed by atoms with Crippen LogP contribution in [-0.2, 0) is 5.75 Å². The van der Waals surface area contributed by atoms with Gasteiger partial charge in [-0.25, -0.2) is 4.98 Å². The van der Waals surface area contributed by atoms with Crippen LogP contribution in [0.15, 0.2) is 40.5 Å². The van der Waals surface area contributed by atoms with Crippen molar-refractivity contribution in [2.45, 2.75) is 12.7 Å². The second kappa shape index (κ2) is 6.98. The number of benzene rings is 1. The van der Waals surface area contributed by atoms with E-state index in [2.05, 4.69) is 9.97 Å². The molecule has 2 heterocycles. The topological polar surface area (TPSA) is 55.0 Å². The molecule has 6 heteroatoms. The first kappa shape index (κ1) is 15.1. The maximum atomic E-state index is 11.9. The number of thioether (sulfide) groups is 1. The van der Waals surface area contributed by atoms with E-state index in [1.165, 1.54) is 11.3 Å². The van der Waals surface area contributed by atoms with E-state index in [9.17, 15) is 4.79 Å². The number of aromatic nitrogens is 2. The summed E-state index contributed by atoms with van der Waals surface area (Å²) in [7, 11) is 0. The minimum absolute atomic E-state index is 0.0493. The molecule has 1 N–H and O–H groups in total. The summed E-state index contributed by atoms with van der Waals surface area (Å²) >= 11 is 3.12. The standard InChI is InChI=1S/C16H16N2O2S2/c1-11-4-2-3-5-13(11)20-7-9-21-10-14-17-12-6-8-22-15(12)16(19)18-14/h2-6,8H,7,9-10H2,1H3,(H,17,18,19). The number of nitrogens with one attached hydrogen (secondary N) is 1. The number of ether oxygens (including phenoxy) is 1. The highest BCUT2D eigenvalue weighted by molar-refractivity contribution is 7.98. The third kappa shape index (κ3) is 3.51. The number of aromatic amines is 1. The summed E-state index contributed by atoms with van der Waals surface area (Å²) in [6.45, 7) is 2.67. The molecule has 0 spiro atoms. The summed E-state index contributed by atoms with van der Waals surface area (Å²) in [4.78, 5) is 19.1. The fraction of sp³-hybridized carbons (Fsp3) is 0.250. The van der Waals surface area contributed by atoms with Gasteiger partial charge >= 0.3 is 0 Å². The number of hydrogen-bond acceptors (Lipinski definition) is 5. The predicted octanol–water partition coefficient (Wildman–Crippen LogP) is 3.61. The number of thiophene rings is 1. The summed E-state index contributed by atoms with van der Waals surface area (Å²) < 4.78 is 6.44. The van der Waals surface area contributed by atoms with Crippen LogP contribution >= 0.6 is 23.1 Å². The average molecular weight is 332 g/mol. The van der Waals surface area contributed by atoms with Crippen LogP contribution < -0.4 is 10.3 Å². The van der Waals surface area contributed by atoms with E-state index in [0.717, 1.165) is 28.4 Å². The van der Waals surface area contributed by atoms with E-state index in [1.807, 2.05) is 42.6 Å². The van der Waals surface area contributed by atoms with Gasteiger partial charge in [-0.05, 0) is 30.0 Å². The molecule has 0 aliphatic heterocycles. The zero-order chi connectivity index (χ0) is 15.4. The molecule has 22 heavy (non-hydrogen) atoms. The molecule has 0 saturated heterocycles. The molecule has 2 aromatic heterocycles. The van der Waals surface area contributed by atoms with Gasteiger partial charge in [0.05, 0.1) is 17.9 Å². The Kier molecular flexibility index (Phi) is 4.80. The van der Waals surface area contributed by atoms with E-state index in [4.69, 9.17) is 4.74 Å². The van der Waals surface area contributed by atoms with E-state index < -0.39 is 0 Å². The smallest absolute Gasteiger partial charge is 0.268 e. The summed E-state index contributed by atoms with van der Waals surface area (Å²) in [5.41, 5.74) is 1.87. The monoisotopic (exact) mass is 332 g/mol. The lowest BCUT2D eigenvalue weighted by molar-refractivity contribution is 0.341. The van der Waals surface area contributed by atoms with Gasteiger partial charge in [0.2, 0.25) is 0 Å². The largest absolute Gasteiger partial charge is 0.492 e. The van der Waals surface area contributed by atoms with Crippen molar-refractivity contribution in [3.63, 3.8) is 0 Å². The Morgan fingerprint density at radius 2 is 2.18 bits per heavy atom. The Bertz CT molecular complexity index is 826. The van der Waals surface area contributed by atoms with Gasteiger partial charge in [-0.15, -0.1) is 11.3 Å². The molecule has 3 rings (SSSR count). The molecule has 0 aliphatic rings. The fourth-order valence-electron chi connectivity index (χ4n) is 2.09. The van der Waals surface area contributed by atoms with Gasteiger partial charge < -0.3 is 9.72 Å². The number of hydrogen-bond donors (Lipinski definition) is 1. The number of rotatable bonds is 6. The van der Waals surface area contributed by atoms with Gasteiger partial charge in [0.25, 0.3) is 5.56 Å². The van der Waals surface area contributed by atoms with Crippen molar-refractivity contribution < 1.29 is 4.74 Å². The highest BCUT2D eigenvalue weighted by Gasteiger charge is 2.05. The van der Waals surface area contributed by atoms with Crippen LogP contribution in [0.25, 0.3) is 10.2 Å². The minimum Gasteiger partial charge on any atom is -0.492 e. The predicted molar refractivity (Wildman–Crippen MR) is 93.1 cm³/mol. The second-order valence-electron chi connectivity index (χ2n) is 4.81. The normalized spacial score (nSPS) is 11.0. The van der Waals surface area contributed by atoms with Gasteiger partial charge in [-0.3, -0.25) is 4.79 Å². The minimum atomic E-state index is -0.0493. The van der Waals surface area contributed by atoms with E-state index in [1.54, 1.807) is 11.8 Å². The Labute approximate surface area is 136 Å². The first-order valence-electron chi connectivity index (χ1n) is 6.96. The van der Waals surface area contributed by atoms with Crippen LogP contribution in [0.3, 0.4) is 0 Å². The number of aryl methyl sites for hydroxylation is 1. The zero-order valence-corrected chi connectivity index (χ0v) is 13.8. The molecule has 4 nitrogen and oxygen atoms in total. The lowest BCUT2D eigenvalue weighted by Gasteiger charge is -2.08. The van der Waals surface area contributed by atoms with Gasteiger partial charge in [0.1, 0.15) is 16.3 Å². The molecular formula is C16H16N2O2S2. The van der Waals surface area contributed by atoms with E-state index in [-0.39, 0.29) is 5.56 Å². The average Bonchev–Trinajstić information content (AvgIpc) is 2.98. The SMILES string of the molecule is Cc1ccccc1OCCSCc1nc2ccsc2c(=O)[nH]1. The highest BCUT2D eigenvalue weighted by Crippen LogP contribution is 2.18. The molecule has 114 valence electrons. The van der Waals surface area contributed by atoms with Crippen LogP contribution in [-0.4, -0.2) is 22.3 Å². The zero-order valence-electron chi connectivity index (χ0n) is 12.2. The molecule has 3 aromatic rings. The Hall–Kier alpha value is -1.79. The molecule has 0 fully saturated rings. The van der Waals surface area contributed by atoms with Gasteiger partial charge in [0, 0.05) is 5.75 Å². The van der Waals surface area contributed by atoms with Gasteiger partial charge in [-0.1, -0.05) is 18.2 Å². The van der Waals surface area contributed by atoms with Crippen LogP contribution in [0.2, 0.25) is 0 Å². The molecule has 0 atom stereocenters. The fourth-order valence-corrected chi connectivity index (χ4v) is 3.49. The quantitative estimate of drug-likeness (QED) is 0.701. The number of nitrogens with zero attached hydrogens (tertiary/aromatic N) is 1. The molecule has 0 aliphatic carbocycles. The van der Waals surface area contributed by atoms with Crippen molar-refractivity contribution in [3.8, 4) is 5.75 Å². The maximum Gasteiger partial charge on any atom is 0.268 e. The Morgan fingerprint density at radius 1 is 1.32 bits per heavy atom. The molecule has 0 bridgehead atoms. The molecule has 0 radical (unpaired) electrons. The summed E-state index contributed by atoms with van der Waals surface area (Å²) in [5.74, 6) is 3.17. The lowest BCUT2D eigenvalue weighted by atomic mass is 10.2. The van der Waals surface area contributed by atoms with Crippen molar-refractivity contribution in [1.29, 1.82) is 0 Å². The first-order valence-corrected chi connectivity index (χ1v) is 9.00. The number of para-hydroxylation sites is 1. The van der Waals surface area contributed by atoms with Gasteiger partial charge in [-0.2, -0.15) is 11.8 Å². The first-order chi connectivity index (χ1) is 10.7. The molecule has 0 unspecified atom stereocenters. The summed E-state index contributed by atoms with van der Waals surface area (Å²) in [6.07, 6.45) is 0. The van der Waals surface area contributed by atoms with Crippen LogP contribution in [0.4, 0.5) is 0 Å². The highest BCUT2D eigenvalue weighted by atomic mass is 32.2. The Balaban J connectivity index is 1.50. The molecular weight excluding hydrogens is 316 g/mol. The third-order valence-electron chi connectivity index (χ3n) is 3.18.